The molecule has 0 spiro atoms. The number of ether oxygens (including phenoxy) is 1. The first-order chi connectivity index (χ1) is 8.56. The van der Waals surface area contributed by atoms with Crippen LogP contribution in [0.2, 0.25) is 0 Å². The Balaban J connectivity index is 2.69. The van der Waals surface area contributed by atoms with Gasteiger partial charge >= 0.3 is 5.63 Å². The van der Waals surface area contributed by atoms with E-state index in [2.05, 4.69) is 0 Å². The number of nitrogen functional groups attached to an aromatic ring is 1. The monoisotopic (exact) mass is 245 g/mol. The highest BCUT2D eigenvalue weighted by atomic mass is 16.5. The molecular weight excluding hydrogens is 238 g/mol. The van der Waals surface area contributed by atoms with Gasteiger partial charge in [0, 0.05) is 0 Å². The highest BCUT2D eigenvalue weighted by Crippen LogP contribution is 2.32. The average molecular weight is 245 g/mol. The van der Waals surface area contributed by atoms with Crippen LogP contribution in [0, 0.1) is 0 Å². The van der Waals surface area contributed by atoms with Crippen LogP contribution >= 0.6 is 0 Å². The second-order valence-electron chi connectivity index (χ2n) is 3.85. The smallest absolute Gasteiger partial charge is 0.348 e. The van der Waals surface area contributed by atoms with Crippen molar-refractivity contribution in [3.05, 3.63) is 43.0 Å². The van der Waals surface area contributed by atoms with Crippen LogP contribution < -0.4 is 27.0 Å². The third-order valence-corrected chi connectivity index (χ3v) is 2.95. The summed E-state index contributed by atoms with van der Waals surface area (Å²) in [6.07, 6.45) is 0. The second kappa shape index (κ2) is 3.19. The lowest BCUT2D eigenvalue weighted by molar-refractivity contribution is 0.417. The van der Waals surface area contributed by atoms with Crippen molar-refractivity contribution in [2.24, 2.45) is 0 Å². The summed E-state index contributed by atoms with van der Waals surface area (Å²) in [4.78, 5) is 34.4. The molecule has 18 heavy (non-hydrogen) atoms. The molecule has 0 aliphatic rings. The summed E-state index contributed by atoms with van der Waals surface area (Å²) in [6.45, 7) is 0. The van der Waals surface area contributed by atoms with Crippen LogP contribution in [0.15, 0.2) is 30.9 Å². The van der Waals surface area contributed by atoms with E-state index in [9.17, 15) is 14.4 Å². The largest absolute Gasteiger partial charge is 0.495 e. The van der Waals surface area contributed by atoms with E-state index in [4.69, 9.17) is 14.9 Å². The van der Waals surface area contributed by atoms with E-state index in [1.165, 1.54) is 19.2 Å². The number of nitrogens with two attached hydrogens (primary N) is 1. The van der Waals surface area contributed by atoms with E-state index in [1.54, 1.807) is 0 Å². The van der Waals surface area contributed by atoms with E-state index < -0.39 is 16.5 Å². The zero-order valence-corrected chi connectivity index (χ0v) is 9.27. The molecule has 90 valence electrons. The SMILES string of the molecule is COc1ccc2oc(=O)c3c(=O)c(=O)c3c2c1N. The molecule has 1 heterocycles. The Kier molecular flexibility index (Phi) is 1.87. The second-order valence-corrected chi connectivity index (χ2v) is 3.85. The first-order valence-corrected chi connectivity index (χ1v) is 5.08. The van der Waals surface area contributed by atoms with E-state index in [-0.39, 0.29) is 27.4 Å². The average Bonchev–Trinajstić information content (AvgIpc) is 2.37. The summed E-state index contributed by atoms with van der Waals surface area (Å²) in [6, 6.07) is 3.00. The van der Waals surface area contributed by atoms with Crippen LogP contribution in [0.3, 0.4) is 0 Å². The van der Waals surface area contributed by atoms with Crippen LogP contribution in [0.4, 0.5) is 5.69 Å². The van der Waals surface area contributed by atoms with Gasteiger partial charge in [-0.05, 0) is 12.1 Å². The van der Waals surface area contributed by atoms with Crippen molar-refractivity contribution in [2.45, 2.75) is 0 Å². The molecule has 0 atom stereocenters. The molecule has 0 unspecified atom stereocenters. The first-order valence-electron chi connectivity index (χ1n) is 5.08. The van der Waals surface area contributed by atoms with E-state index in [0.717, 1.165) is 0 Å². The lowest BCUT2D eigenvalue weighted by Gasteiger charge is -2.09. The van der Waals surface area contributed by atoms with Gasteiger partial charge in [0.2, 0.25) is 10.9 Å². The van der Waals surface area contributed by atoms with Crippen molar-refractivity contribution in [1.29, 1.82) is 0 Å². The lowest BCUT2D eigenvalue weighted by atomic mass is 10.0. The molecular formula is C12H7NO5. The Morgan fingerprint density at radius 2 is 1.72 bits per heavy atom. The van der Waals surface area contributed by atoms with Gasteiger partial charge in [0.25, 0.3) is 0 Å². The predicted octanol–water partition coefficient (Wildman–Crippen LogP) is 0.133. The number of methoxy groups -OCH3 is 1. The molecule has 3 aromatic rings. The number of rotatable bonds is 1. The molecule has 2 N–H and O–H groups in total. The number of fused-ring (bicyclic) bond motifs is 3. The van der Waals surface area contributed by atoms with Crippen LogP contribution in [-0.4, -0.2) is 7.11 Å². The molecule has 1 aromatic heterocycles. The summed E-state index contributed by atoms with van der Waals surface area (Å²) in [7, 11) is 1.43. The number of anilines is 1. The molecule has 0 saturated carbocycles. The van der Waals surface area contributed by atoms with Crippen LogP contribution in [0.5, 0.6) is 5.75 Å². The van der Waals surface area contributed by atoms with Gasteiger partial charge in [-0.15, -0.1) is 0 Å². The zero-order valence-electron chi connectivity index (χ0n) is 9.27. The third-order valence-electron chi connectivity index (χ3n) is 2.95. The van der Waals surface area contributed by atoms with Gasteiger partial charge in [0.1, 0.15) is 16.7 Å². The first kappa shape index (κ1) is 10.5. The minimum Gasteiger partial charge on any atom is -0.495 e. The zero-order chi connectivity index (χ0) is 13.0. The van der Waals surface area contributed by atoms with Gasteiger partial charge in [-0.1, -0.05) is 0 Å². The van der Waals surface area contributed by atoms with E-state index in [1.807, 2.05) is 0 Å². The van der Waals surface area contributed by atoms with Gasteiger partial charge in [0.15, 0.2) is 0 Å². The highest BCUT2D eigenvalue weighted by molar-refractivity contribution is 6.13. The Morgan fingerprint density at radius 3 is 2.39 bits per heavy atom. The maximum absolute atomic E-state index is 11.5. The Morgan fingerprint density at radius 1 is 1.06 bits per heavy atom. The van der Waals surface area contributed by atoms with Crippen LogP contribution in [-0.2, 0) is 0 Å². The summed E-state index contributed by atoms with van der Waals surface area (Å²) >= 11 is 0. The quantitative estimate of drug-likeness (QED) is 0.371. The molecule has 6 heteroatoms. The Bertz CT molecular complexity index is 928. The summed E-state index contributed by atoms with van der Waals surface area (Å²) in [5, 5.41) is 0.0589. The van der Waals surface area contributed by atoms with Gasteiger partial charge in [-0.25, -0.2) is 4.79 Å². The highest BCUT2D eigenvalue weighted by Gasteiger charge is 2.23. The van der Waals surface area contributed by atoms with Crippen molar-refractivity contribution in [2.75, 3.05) is 12.8 Å². The van der Waals surface area contributed by atoms with Gasteiger partial charge in [-0.2, -0.15) is 0 Å². The molecule has 0 bridgehead atoms. The number of hydrogen-bond acceptors (Lipinski definition) is 6. The van der Waals surface area contributed by atoms with E-state index >= 15 is 0 Å². The van der Waals surface area contributed by atoms with Crippen molar-refractivity contribution in [3.8, 4) is 5.75 Å². The van der Waals surface area contributed by atoms with Crippen molar-refractivity contribution in [1.82, 2.24) is 0 Å². The fourth-order valence-electron chi connectivity index (χ4n) is 2.08. The maximum atomic E-state index is 11.5. The summed E-state index contributed by atoms with van der Waals surface area (Å²) < 4.78 is 9.98. The van der Waals surface area contributed by atoms with Crippen molar-refractivity contribution < 1.29 is 9.15 Å². The van der Waals surface area contributed by atoms with Crippen LogP contribution in [0.25, 0.3) is 21.7 Å². The van der Waals surface area contributed by atoms with Gasteiger partial charge in [0.05, 0.1) is 23.6 Å². The molecule has 0 aliphatic heterocycles. The number of benzene rings is 1. The van der Waals surface area contributed by atoms with Crippen molar-refractivity contribution in [3.63, 3.8) is 0 Å². The summed E-state index contributed by atoms with van der Waals surface area (Å²) in [5.74, 6) is 0.352. The normalized spacial score (nSPS) is 11.4. The number of hydrogen-bond donors (Lipinski definition) is 1. The molecule has 3 rings (SSSR count). The standard InChI is InChI=1S/C12H7NO5/c1-17-5-3-2-4-6(9(5)13)7-8(12(16)18-4)11(15)10(7)14/h2-3H,13H2,1H3. The van der Waals surface area contributed by atoms with Crippen molar-refractivity contribution >= 4 is 27.4 Å². The predicted molar refractivity (Wildman–Crippen MR) is 65.9 cm³/mol. The molecule has 6 nitrogen and oxygen atoms in total. The molecule has 0 fully saturated rings. The van der Waals surface area contributed by atoms with Gasteiger partial charge in [-0.3, -0.25) is 9.59 Å². The molecule has 0 radical (unpaired) electrons. The molecule has 0 saturated heterocycles. The lowest BCUT2D eigenvalue weighted by Crippen LogP contribution is -2.35. The third kappa shape index (κ3) is 1.04. The Hall–Kier alpha value is -2.63. The molecule has 2 aromatic carbocycles. The van der Waals surface area contributed by atoms with Gasteiger partial charge < -0.3 is 14.9 Å². The molecule has 0 aliphatic carbocycles. The fourth-order valence-corrected chi connectivity index (χ4v) is 2.08. The summed E-state index contributed by atoms with van der Waals surface area (Å²) in [5.41, 5.74) is 3.82. The van der Waals surface area contributed by atoms with E-state index in [0.29, 0.717) is 5.75 Å². The topological polar surface area (TPSA) is 99.6 Å². The molecule has 0 amide bonds. The minimum atomic E-state index is -0.831. The fraction of sp³-hybridized carbons (Fsp3) is 0.0833. The Labute approximate surface area is 98.9 Å². The minimum absolute atomic E-state index is 0.0302. The van der Waals surface area contributed by atoms with Crippen LogP contribution in [0.1, 0.15) is 0 Å². The maximum Gasteiger partial charge on any atom is 0.348 e.